The number of fused-ring (bicyclic) bond motifs is 1. The van der Waals surface area contributed by atoms with Crippen LogP contribution >= 0.6 is 0 Å². The maximum Gasteiger partial charge on any atom is 0.0827 e. The van der Waals surface area contributed by atoms with Crippen LogP contribution in [0.5, 0.6) is 0 Å². The molecule has 2 aromatic rings. The van der Waals surface area contributed by atoms with E-state index in [1.54, 1.807) is 0 Å². The van der Waals surface area contributed by atoms with Crippen LogP contribution in [-0.4, -0.2) is 49.1 Å². The van der Waals surface area contributed by atoms with Crippen molar-refractivity contribution in [3.63, 3.8) is 0 Å². The number of hydrogen-bond donors (Lipinski definition) is 0. The fraction of sp³-hybridized carbons (Fsp3) is 0.520. The molecule has 4 rings (SSSR count). The lowest BCUT2D eigenvalue weighted by Gasteiger charge is -2.34. The summed E-state index contributed by atoms with van der Waals surface area (Å²) in [7, 11) is 0. The number of rotatable bonds is 7. The summed E-state index contributed by atoms with van der Waals surface area (Å²) in [6.07, 6.45) is 5.10. The molecule has 1 unspecified atom stereocenters. The molecule has 1 aliphatic carbocycles. The topological polar surface area (TPSA) is 15.7 Å². The molecule has 0 amide bonds. The highest BCUT2D eigenvalue weighted by Gasteiger charge is 2.20. The molecule has 1 atom stereocenters. The molecule has 0 aromatic heterocycles. The van der Waals surface area contributed by atoms with Crippen molar-refractivity contribution in [3.05, 3.63) is 71.3 Å². The van der Waals surface area contributed by atoms with Gasteiger partial charge in [0, 0.05) is 45.9 Å². The molecule has 0 N–H and O–H groups in total. The standard InChI is InChI=1S/C24H32N2O.CH4/c1-2-8-21(9-3-1)20-26-17-15-25(16-18-26)14-7-19-27-24-13-6-11-22-10-4-5-12-23(22)24;/h1-5,8-10,12,24H,6-7,11,13-20H2;1H4. The molecule has 0 saturated carbocycles. The van der Waals surface area contributed by atoms with Crippen LogP contribution in [0.2, 0.25) is 0 Å². The maximum atomic E-state index is 6.26. The molecule has 3 nitrogen and oxygen atoms in total. The van der Waals surface area contributed by atoms with Crippen LogP contribution in [0.1, 0.15) is 49.5 Å². The van der Waals surface area contributed by atoms with E-state index in [0.29, 0.717) is 6.10 Å². The van der Waals surface area contributed by atoms with E-state index in [4.69, 9.17) is 4.74 Å². The summed E-state index contributed by atoms with van der Waals surface area (Å²) in [4.78, 5) is 5.17. The molecule has 3 heteroatoms. The molecular weight excluding hydrogens is 344 g/mol. The summed E-state index contributed by atoms with van der Waals surface area (Å²) in [5, 5.41) is 0. The second-order valence-electron chi connectivity index (χ2n) is 7.91. The summed E-state index contributed by atoms with van der Waals surface area (Å²) in [5.74, 6) is 0. The van der Waals surface area contributed by atoms with Gasteiger partial charge < -0.3 is 9.64 Å². The smallest absolute Gasteiger partial charge is 0.0827 e. The van der Waals surface area contributed by atoms with Crippen LogP contribution in [-0.2, 0) is 17.7 Å². The zero-order valence-electron chi connectivity index (χ0n) is 16.4. The first kappa shape index (κ1) is 21.0. The second-order valence-corrected chi connectivity index (χ2v) is 7.91. The van der Waals surface area contributed by atoms with Gasteiger partial charge in [-0.05, 0) is 42.4 Å². The first-order chi connectivity index (χ1) is 13.4. The van der Waals surface area contributed by atoms with Crippen molar-refractivity contribution in [1.82, 2.24) is 9.80 Å². The molecule has 0 spiro atoms. The summed E-state index contributed by atoms with van der Waals surface area (Å²) < 4.78 is 6.26. The van der Waals surface area contributed by atoms with Gasteiger partial charge in [0.2, 0.25) is 0 Å². The van der Waals surface area contributed by atoms with Gasteiger partial charge in [-0.3, -0.25) is 4.90 Å². The fourth-order valence-corrected chi connectivity index (χ4v) is 4.41. The molecular formula is C25H36N2O. The van der Waals surface area contributed by atoms with Gasteiger partial charge in [0.1, 0.15) is 0 Å². The van der Waals surface area contributed by atoms with E-state index >= 15 is 0 Å². The average Bonchev–Trinajstić information content (AvgIpc) is 2.73. The van der Waals surface area contributed by atoms with E-state index in [9.17, 15) is 0 Å². The normalized spacial score (nSPS) is 20.4. The molecule has 152 valence electrons. The first-order valence-corrected chi connectivity index (χ1v) is 10.6. The highest BCUT2D eigenvalue weighted by atomic mass is 16.5. The van der Waals surface area contributed by atoms with Gasteiger partial charge in [0.15, 0.2) is 0 Å². The zero-order chi connectivity index (χ0) is 18.3. The lowest BCUT2D eigenvalue weighted by atomic mass is 9.89. The van der Waals surface area contributed by atoms with Gasteiger partial charge in [-0.15, -0.1) is 0 Å². The Bertz CT molecular complexity index is 695. The van der Waals surface area contributed by atoms with Crippen LogP contribution in [0.3, 0.4) is 0 Å². The Balaban J connectivity index is 0.00000225. The summed E-state index contributed by atoms with van der Waals surface area (Å²) in [5.41, 5.74) is 4.34. The van der Waals surface area contributed by atoms with Crippen molar-refractivity contribution >= 4 is 0 Å². The third-order valence-corrected chi connectivity index (χ3v) is 5.97. The number of piperazine rings is 1. The summed E-state index contributed by atoms with van der Waals surface area (Å²) in [6.45, 7) is 7.82. The highest BCUT2D eigenvalue weighted by Crippen LogP contribution is 2.32. The monoisotopic (exact) mass is 380 g/mol. The van der Waals surface area contributed by atoms with E-state index in [-0.39, 0.29) is 7.43 Å². The van der Waals surface area contributed by atoms with E-state index in [1.807, 2.05) is 0 Å². The molecule has 1 saturated heterocycles. The van der Waals surface area contributed by atoms with Crippen LogP contribution in [0.15, 0.2) is 54.6 Å². The third kappa shape index (κ3) is 5.66. The van der Waals surface area contributed by atoms with E-state index in [2.05, 4.69) is 64.4 Å². The van der Waals surface area contributed by atoms with Crippen molar-refractivity contribution in [1.29, 1.82) is 0 Å². The van der Waals surface area contributed by atoms with E-state index in [0.717, 1.165) is 26.1 Å². The molecule has 0 bridgehead atoms. The van der Waals surface area contributed by atoms with Crippen LogP contribution in [0.25, 0.3) is 0 Å². The van der Waals surface area contributed by atoms with Crippen molar-refractivity contribution in [2.24, 2.45) is 0 Å². The summed E-state index contributed by atoms with van der Waals surface area (Å²) >= 11 is 0. The minimum Gasteiger partial charge on any atom is -0.373 e. The number of aryl methyl sites for hydroxylation is 1. The SMILES string of the molecule is C.c1ccc(CN2CCN(CCCOC3CCCc4ccccc43)CC2)cc1. The van der Waals surface area contributed by atoms with Gasteiger partial charge in [0.25, 0.3) is 0 Å². The quantitative estimate of drug-likeness (QED) is 0.634. The molecule has 1 fully saturated rings. The van der Waals surface area contributed by atoms with Gasteiger partial charge in [0.05, 0.1) is 6.10 Å². The van der Waals surface area contributed by atoms with E-state index in [1.165, 1.54) is 62.1 Å². The predicted octanol–water partition coefficient (Wildman–Crippen LogP) is 4.92. The minimum atomic E-state index is 0. The van der Waals surface area contributed by atoms with Crippen molar-refractivity contribution in [2.45, 2.75) is 45.8 Å². The maximum absolute atomic E-state index is 6.26. The first-order valence-electron chi connectivity index (χ1n) is 10.6. The van der Waals surface area contributed by atoms with Crippen molar-refractivity contribution < 1.29 is 4.74 Å². The Labute approximate surface area is 171 Å². The van der Waals surface area contributed by atoms with Crippen molar-refractivity contribution in [3.8, 4) is 0 Å². The Morgan fingerprint density at radius 3 is 2.39 bits per heavy atom. The van der Waals surface area contributed by atoms with Crippen molar-refractivity contribution in [2.75, 3.05) is 39.3 Å². The lowest BCUT2D eigenvalue weighted by molar-refractivity contribution is 0.0315. The molecule has 2 aliphatic rings. The largest absolute Gasteiger partial charge is 0.373 e. The number of hydrogen-bond acceptors (Lipinski definition) is 3. The van der Waals surface area contributed by atoms with Crippen LogP contribution in [0, 0.1) is 0 Å². The zero-order valence-corrected chi connectivity index (χ0v) is 16.4. The predicted molar refractivity (Wildman–Crippen MR) is 118 cm³/mol. The Kier molecular flexibility index (Phi) is 8.08. The van der Waals surface area contributed by atoms with Gasteiger partial charge in [-0.1, -0.05) is 62.0 Å². The van der Waals surface area contributed by atoms with Gasteiger partial charge in [-0.25, -0.2) is 0 Å². The molecule has 2 aromatic carbocycles. The van der Waals surface area contributed by atoms with Gasteiger partial charge >= 0.3 is 0 Å². The summed E-state index contributed by atoms with van der Waals surface area (Å²) in [6, 6.07) is 19.6. The number of ether oxygens (including phenoxy) is 1. The highest BCUT2D eigenvalue weighted by molar-refractivity contribution is 5.31. The molecule has 1 aliphatic heterocycles. The second kappa shape index (κ2) is 10.8. The lowest BCUT2D eigenvalue weighted by Crippen LogP contribution is -2.46. The average molecular weight is 381 g/mol. The van der Waals surface area contributed by atoms with Crippen LogP contribution in [0.4, 0.5) is 0 Å². The Morgan fingerprint density at radius 1 is 0.857 bits per heavy atom. The Morgan fingerprint density at radius 2 is 1.57 bits per heavy atom. The number of nitrogens with zero attached hydrogens (tertiary/aromatic N) is 2. The minimum absolute atomic E-state index is 0. The molecule has 0 radical (unpaired) electrons. The third-order valence-electron chi connectivity index (χ3n) is 5.97. The van der Waals surface area contributed by atoms with Crippen LogP contribution < -0.4 is 0 Å². The molecule has 1 heterocycles. The van der Waals surface area contributed by atoms with Gasteiger partial charge in [-0.2, -0.15) is 0 Å². The van der Waals surface area contributed by atoms with E-state index < -0.39 is 0 Å². The fourth-order valence-electron chi connectivity index (χ4n) is 4.41. The Hall–Kier alpha value is -1.68. The number of benzene rings is 2. The molecule has 28 heavy (non-hydrogen) atoms.